The average Bonchev–Trinajstić information content (AvgIpc) is 3.38. The topological polar surface area (TPSA) is 71.3 Å². The molecule has 0 radical (unpaired) electrons. The third-order valence-corrected chi connectivity index (χ3v) is 7.44. The van der Waals surface area contributed by atoms with Crippen LogP contribution in [0.4, 0.5) is 11.6 Å². The summed E-state index contributed by atoms with van der Waals surface area (Å²) in [4.78, 5) is 15.3. The Morgan fingerprint density at radius 2 is 1.77 bits per heavy atom. The van der Waals surface area contributed by atoms with Crippen molar-refractivity contribution in [2.24, 2.45) is 13.0 Å². The maximum atomic E-state index is 6.29. The molecule has 2 aromatic carbocycles. The lowest BCUT2D eigenvalue weighted by atomic mass is 10.0. The number of anilines is 2. The molecule has 9 heteroatoms. The number of piperazine rings is 1. The number of benzene rings is 2. The molecule has 1 N–H and O–H groups in total. The van der Waals surface area contributed by atoms with Crippen LogP contribution in [0.25, 0.3) is 17.3 Å². The zero-order chi connectivity index (χ0) is 27.9. The van der Waals surface area contributed by atoms with Crippen LogP contribution in [-0.4, -0.2) is 57.9 Å². The molecule has 1 saturated heterocycles. The minimum atomic E-state index is 0.469. The lowest BCUT2D eigenvalue weighted by Crippen LogP contribution is -2.44. The average molecular weight is 556 g/mol. The molecule has 40 heavy (non-hydrogen) atoms. The van der Waals surface area contributed by atoms with Gasteiger partial charge in [0.15, 0.2) is 0 Å². The zero-order valence-electron chi connectivity index (χ0n) is 23.6. The summed E-state index contributed by atoms with van der Waals surface area (Å²) in [6, 6.07) is 18.5. The highest BCUT2D eigenvalue weighted by atomic mass is 32.2. The van der Waals surface area contributed by atoms with Gasteiger partial charge >= 0.3 is 0 Å². The second kappa shape index (κ2) is 13.0. The molecule has 0 aliphatic carbocycles. The number of nitrogens with one attached hydrogen (secondary N) is 1. The van der Waals surface area contributed by atoms with Gasteiger partial charge in [0, 0.05) is 56.7 Å². The van der Waals surface area contributed by atoms with Crippen molar-refractivity contribution in [1.82, 2.24) is 24.6 Å². The van der Waals surface area contributed by atoms with E-state index in [1.807, 2.05) is 37.5 Å². The zero-order valence-corrected chi connectivity index (χ0v) is 24.4. The van der Waals surface area contributed by atoms with Gasteiger partial charge in [-0.2, -0.15) is 10.1 Å². The smallest absolute Gasteiger partial charge is 0.237 e. The van der Waals surface area contributed by atoms with E-state index >= 15 is 0 Å². The summed E-state index contributed by atoms with van der Waals surface area (Å²) in [7, 11) is 4.06. The number of ether oxygens (including phenoxy) is 1. The van der Waals surface area contributed by atoms with E-state index in [0.29, 0.717) is 17.7 Å². The van der Waals surface area contributed by atoms with Gasteiger partial charge in [0.1, 0.15) is 5.75 Å². The Bertz CT molecular complexity index is 1430. The molecule has 2 aromatic heterocycles. The van der Waals surface area contributed by atoms with Crippen LogP contribution in [0.5, 0.6) is 11.6 Å². The fourth-order valence-electron chi connectivity index (χ4n) is 4.47. The molecule has 1 fully saturated rings. The first-order valence-corrected chi connectivity index (χ1v) is 14.5. The van der Waals surface area contributed by atoms with Crippen LogP contribution >= 0.6 is 11.9 Å². The standard InChI is InChI=1S/C31H37N7OS/c1-23(2)8-7-10-24-9-5-6-11-28(24)29-20-30(34-31(33-29)35-40-27-21-32-37(4)22-27)39-26-14-12-25(13-15-26)38-18-16-36(3)17-19-38/h5-7,9-15,20-23H,8,16-19H2,1-4H3,(H,33,34,35)/b10-7+. The summed E-state index contributed by atoms with van der Waals surface area (Å²) >= 11 is 1.42. The Hall–Kier alpha value is -3.82. The molecule has 3 heterocycles. The minimum Gasteiger partial charge on any atom is -0.439 e. The molecule has 0 unspecified atom stereocenters. The van der Waals surface area contributed by atoms with Crippen molar-refractivity contribution in [3.63, 3.8) is 0 Å². The first-order chi connectivity index (χ1) is 19.4. The van der Waals surface area contributed by atoms with Gasteiger partial charge in [-0.1, -0.05) is 50.3 Å². The summed E-state index contributed by atoms with van der Waals surface area (Å²) in [5.74, 6) is 2.29. The second-order valence-corrected chi connectivity index (χ2v) is 11.4. The molecule has 4 aromatic rings. The Balaban J connectivity index is 1.41. The maximum Gasteiger partial charge on any atom is 0.237 e. The van der Waals surface area contributed by atoms with E-state index in [1.165, 1.54) is 17.6 Å². The highest BCUT2D eigenvalue weighted by Gasteiger charge is 2.15. The summed E-state index contributed by atoms with van der Waals surface area (Å²) in [5.41, 5.74) is 4.13. The molecule has 1 aliphatic heterocycles. The molecule has 0 amide bonds. The molecule has 0 bridgehead atoms. The van der Waals surface area contributed by atoms with Crippen molar-refractivity contribution < 1.29 is 4.74 Å². The first-order valence-electron chi connectivity index (χ1n) is 13.7. The fourth-order valence-corrected chi connectivity index (χ4v) is 5.08. The number of hydrogen-bond acceptors (Lipinski definition) is 8. The predicted molar refractivity (Wildman–Crippen MR) is 165 cm³/mol. The van der Waals surface area contributed by atoms with Gasteiger partial charge in [-0.15, -0.1) is 0 Å². The Labute approximate surface area is 241 Å². The van der Waals surface area contributed by atoms with E-state index in [4.69, 9.17) is 9.72 Å². The molecule has 0 saturated carbocycles. The number of rotatable bonds is 10. The van der Waals surface area contributed by atoms with Crippen molar-refractivity contribution in [2.45, 2.75) is 25.2 Å². The van der Waals surface area contributed by atoms with Crippen LogP contribution < -0.4 is 14.4 Å². The highest BCUT2D eigenvalue weighted by Crippen LogP contribution is 2.31. The van der Waals surface area contributed by atoms with Crippen molar-refractivity contribution in [2.75, 3.05) is 42.8 Å². The normalized spacial score (nSPS) is 14.3. The first kappa shape index (κ1) is 27.7. The van der Waals surface area contributed by atoms with Gasteiger partial charge in [-0.3, -0.25) is 9.40 Å². The number of allylic oxidation sites excluding steroid dienone is 1. The summed E-state index contributed by atoms with van der Waals surface area (Å²) in [5, 5.41) is 4.24. The number of likely N-dealkylation sites (N-methyl/N-ethyl adjacent to an activating group) is 1. The number of nitrogens with zero attached hydrogens (tertiary/aromatic N) is 6. The van der Waals surface area contributed by atoms with Crippen LogP contribution in [0.1, 0.15) is 25.8 Å². The molecule has 0 atom stereocenters. The van der Waals surface area contributed by atoms with Gasteiger partial charge in [0.2, 0.25) is 11.8 Å². The fraction of sp³-hybridized carbons (Fsp3) is 0.323. The number of hydrogen-bond donors (Lipinski definition) is 1. The molecule has 1 aliphatic rings. The minimum absolute atomic E-state index is 0.469. The Morgan fingerprint density at radius 1 is 1.00 bits per heavy atom. The SMILES string of the molecule is CC(C)C/C=C/c1ccccc1-c1cc(Oc2ccc(N3CCN(C)CC3)cc2)nc(NSc2cnn(C)c2)n1. The third kappa shape index (κ3) is 7.43. The molecular formula is C31H37N7OS. The summed E-state index contributed by atoms with van der Waals surface area (Å²) in [6.07, 6.45) is 9.16. The third-order valence-electron chi connectivity index (χ3n) is 6.71. The Kier molecular flexibility index (Phi) is 9.03. The lowest BCUT2D eigenvalue weighted by molar-refractivity contribution is 0.313. The van der Waals surface area contributed by atoms with Crippen LogP contribution in [0.15, 0.2) is 78.0 Å². The van der Waals surface area contributed by atoms with Gasteiger partial charge in [-0.05, 0) is 61.2 Å². The maximum absolute atomic E-state index is 6.29. The summed E-state index contributed by atoms with van der Waals surface area (Å²) < 4.78 is 11.3. The molecular weight excluding hydrogens is 518 g/mol. The van der Waals surface area contributed by atoms with E-state index in [9.17, 15) is 0 Å². The van der Waals surface area contributed by atoms with Crippen molar-refractivity contribution >= 4 is 29.7 Å². The van der Waals surface area contributed by atoms with Crippen LogP contribution in [0, 0.1) is 5.92 Å². The van der Waals surface area contributed by atoms with E-state index in [1.54, 1.807) is 10.9 Å². The van der Waals surface area contributed by atoms with E-state index in [2.05, 4.69) is 88.0 Å². The quantitative estimate of drug-likeness (QED) is 0.220. The summed E-state index contributed by atoms with van der Waals surface area (Å²) in [6.45, 7) is 8.65. The Morgan fingerprint density at radius 3 is 2.50 bits per heavy atom. The van der Waals surface area contributed by atoms with Gasteiger partial charge in [0.25, 0.3) is 0 Å². The van der Waals surface area contributed by atoms with Crippen LogP contribution in [0.3, 0.4) is 0 Å². The highest BCUT2D eigenvalue weighted by molar-refractivity contribution is 8.00. The van der Waals surface area contributed by atoms with E-state index < -0.39 is 0 Å². The van der Waals surface area contributed by atoms with E-state index in [-0.39, 0.29) is 0 Å². The molecule has 5 rings (SSSR count). The largest absolute Gasteiger partial charge is 0.439 e. The van der Waals surface area contributed by atoms with Gasteiger partial charge in [0.05, 0.1) is 16.8 Å². The monoisotopic (exact) mass is 555 g/mol. The molecule has 208 valence electrons. The van der Waals surface area contributed by atoms with Crippen LogP contribution in [0.2, 0.25) is 0 Å². The number of aromatic nitrogens is 4. The molecule has 8 nitrogen and oxygen atoms in total. The van der Waals surface area contributed by atoms with Crippen molar-refractivity contribution in [3.05, 3.63) is 78.6 Å². The lowest BCUT2D eigenvalue weighted by Gasteiger charge is -2.34. The van der Waals surface area contributed by atoms with E-state index in [0.717, 1.165) is 60.1 Å². The number of aryl methyl sites for hydroxylation is 1. The van der Waals surface area contributed by atoms with Crippen molar-refractivity contribution in [1.29, 1.82) is 0 Å². The van der Waals surface area contributed by atoms with Gasteiger partial charge in [-0.25, -0.2) is 4.98 Å². The predicted octanol–water partition coefficient (Wildman–Crippen LogP) is 6.60. The van der Waals surface area contributed by atoms with Crippen LogP contribution in [-0.2, 0) is 7.05 Å². The molecule has 0 spiro atoms. The van der Waals surface area contributed by atoms with Gasteiger partial charge < -0.3 is 14.5 Å². The van der Waals surface area contributed by atoms with Crippen molar-refractivity contribution in [3.8, 4) is 22.9 Å². The second-order valence-electron chi connectivity index (χ2n) is 10.5.